The molecule has 0 spiro atoms. The molecule has 28 heavy (non-hydrogen) atoms. The number of imidazole rings is 1. The summed E-state index contributed by atoms with van der Waals surface area (Å²) < 4.78 is 39.0. The van der Waals surface area contributed by atoms with Crippen LogP contribution < -0.4 is 0 Å². The Morgan fingerprint density at radius 2 is 2.25 bits per heavy atom. The SMILES string of the molecule is CC[C@@H](C)N(C(=O)CSc1nccn1-c1cccc(F)c1)[C@@H]1CCS(=O)(=O)C1. The van der Waals surface area contributed by atoms with Gasteiger partial charge in [-0.2, -0.15) is 0 Å². The summed E-state index contributed by atoms with van der Waals surface area (Å²) in [6, 6.07) is 5.87. The quantitative estimate of drug-likeness (QED) is 0.638. The normalized spacial score (nSPS) is 19.5. The molecule has 0 bridgehead atoms. The van der Waals surface area contributed by atoms with Crippen molar-refractivity contribution < 1.29 is 17.6 Å². The minimum absolute atomic E-state index is 0.0330. The summed E-state index contributed by atoms with van der Waals surface area (Å²) in [6.45, 7) is 3.93. The van der Waals surface area contributed by atoms with Crippen LogP contribution in [-0.2, 0) is 14.6 Å². The number of hydrogen-bond acceptors (Lipinski definition) is 5. The minimum atomic E-state index is -3.07. The fourth-order valence-corrected chi connectivity index (χ4v) is 5.97. The molecule has 1 saturated heterocycles. The van der Waals surface area contributed by atoms with Crippen LogP contribution in [0.3, 0.4) is 0 Å². The van der Waals surface area contributed by atoms with Crippen molar-refractivity contribution in [1.82, 2.24) is 14.5 Å². The number of hydrogen-bond donors (Lipinski definition) is 0. The van der Waals surface area contributed by atoms with Gasteiger partial charge < -0.3 is 4.90 Å². The molecular formula is C19H24FN3O3S2. The Labute approximate surface area is 169 Å². The summed E-state index contributed by atoms with van der Waals surface area (Å²) in [4.78, 5) is 19.0. The van der Waals surface area contributed by atoms with Crippen LogP contribution in [-0.4, -0.2) is 58.1 Å². The number of thioether (sulfide) groups is 1. The van der Waals surface area contributed by atoms with E-state index in [1.807, 2.05) is 13.8 Å². The Balaban J connectivity index is 1.73. The van der Waals surface area contributed by atoms with Crippen LogP contribution in [0.15, 0.2) is 41.8 Å². The van der Waals surface area contributed by atoms with E-state index < -0.39 is 9.84 Å². The molecule has 0 N–H and O–H groups in total. The maximum atomic E-state index is 13.5. The predicted molar refractivity (Wildman–Crippen MR) is 108 cm³/mol. The largest absolute Gasteiger partial charge is 0.335 e. The van der Waals surface area contributed by atoms with Gasteiger partial charge in [-0.3, -0.25) is 9.36 Å². The van der Waals surface area contributed by atoms with Crippen molar-refractivity contribution in [1.29, 1.82) is 0 Å². The average Bonchev–Trinajstić information content (AvgIpc) is 3.26. The highest BCUT2D eigenvalue weighted by Crippen LogP contribution is 2.25. The monoisotopic (exact) mass is 425 g/mol. The summed E-state index contributed by atoms with van der Waals surface area (Å²) in [5.41, 5.74) is 0.633. The van der Waals surface area contributed by atoms with Gasteiger partial charge in [0, 0.05) is 24.5 Å². The molecule has 0 aliphatic carbocycles. The summed E-state index contributed by atoms with van der Waals surface area (Å²) >= 11 is 1.27. The first-order valence-corrected chi connectivity index (χ1v) is 12.0. The molecule has 0 unspecified atom stereocenters. The zero-order valence-electron chi connectivity index (χ0n) is 15.9. The lowest BCUT2D eigenvalue weighted by Crippen LogP contribution is -2.47. The van der Waals surface area contributed by atoms with Crippen LogP contribution in [0.4, 0.5) is 4.39 Å². The van der Waals surface area contributed by atoms with E-state index >= 15 is 0 Å². The Kier molecular flexibility index (Phi) is 6.44. The van der Waals surface area contributed by atoms with Gasteiger partial charge in [-0.15, -0.1) is 0 Å². The van der Waals surface area contributed by atoms with Crippen molar-refractivity contribution in [2.45, 2.75) is 43.9 Å². The van der Waals surface area contributed by atoms with Crippen LogP contribution >= 0.6 is 11.8 Å². The molecule has 2 heterocycles. The first kappa shape index (κ1) is 20.9. The van der Waals surface area contributed by atoms with Crippen LogP contribution in [0.5, 0.6) is 0 Å². The summed E-state index contributed by atoms with van der Waals surface area (Å²) in [7, 11) is -3.07. The van der Waals surface area contributed by atoms with Gasteiger partial charge in [-0.1, -0.05) is 24.8 Å². The van der Waals surface area contributed by atoms with Crippen molar-refractivity contribution in [2.75, 3.05) is 17.3 Å². The van der Waals surface area contributed by atoms with E-state index in [0.29, 0.717) is 17.3 Å². The maximum absolute atomic E-state index is 13.5. The van der Waals surface area contributed by atoms with Gasteiger partial charge in [0.15, 0.2) is 15.0 Å². The molecule has 0 saturated carbocycles. The first-order chi connectivity index (χ1) is 13.3. The number of amides is 1. The molecule has 2 atom stereocenters. The Bertz CT molecular complexity index is 945. The highest BCUT2D eigenvalue weighted by molar-refractivity contribution is 7.99. The Hall–Kier alpha value is -1.87. The van der Waals surface area contributed by atoms with E-state index in [2.05, 4.69) is 4.98 Å². The third kappa shape index (κ3) is 4.75. The molecule has 1 aromatic heterocycles. The number of halogens is 1. The lowest BCUT2D eigenvalue weighted by atomic mass is 10.1. The van der Waals surface area contributed by atoms with Gasteiger partial charge in [0.05, 0.1) is 22.9 Å². The van der Waals surface area contributed by atoms with Crippen LogP contribution in [0.1, 0.15) is 26.7 Å². The van der Waals surface area contributed by atoms with E-state index in [1.54, 1.807) is 34.0 Å². The van der Waals surface area contributed by atoms with Crippen molar-refractivity contribution in [3.63, 3.8) is 0 Å². The van der Waals surface area contributed by atoms with Crippen molar-refractivity contribution in [3.05, 3.63) is 42.5 Å². The van der Waals surface area contributed by atoms with Gasteiger partial charge >= 0.3 is 0 Å². The second-order valence-electron chi connectivity index (χ2n) is 6.96. The average molecular weight is 426 g/mol. The zero-order chi connectivity index (χ0) is 20.3. The van der Waals surface area contributed by atoms with Crippen molar-refractivity contribution in [2.24, 2.45) is 0 Å². The van der Waals surface area contributed by atoms with Crippen LogP contribution in [0, 0.1) is 5.82 Å². The van der Waals surface area contributed by atoms with Gasteiger partial charge in [-0.05, 0) is 38.0 Å². The van der Waals surface area contributed by atoms with E-state index in [1.165, 1.54) is 23.9 Å². The third-order valence-electron chi connectivity index (χ3n) is 4.97. The topological polar surface area (TPSA) is 72.3 Å². The highest BCUT2D eigenvalue weighted by atomic mass is 32.2. The Morgan fingerprint density at radius 1 is 1.46 bits per heavy atom. The maximum Gasteiger partial charge on any atom is 0.233 e. The summed E-state index contributed by atoms with van der Waals surface area (Å²) in [5, 5.41) is 0.585. The molecule has 3 rings (SSSR count). The molecule has 152 valence electrons. The second kappa shape index (κ2) is 8.65. The van der Waals surface area contributed by atoms with Gasteiger partial charge in [0.2, 0.25) is 5.91 Å². The summed E-state index contributed by atoms with van der Waals surface area (Å²) in [6.07, 6.45) is 4.57. The fourth-order valence-electron chi connectivity index (χ4n) is 3.42. The van der Waals surface area contributed by atoms with Crippen LogP contribution in [0.25, 0.3) is 5.69 Å². The van der Waals surface area contributed by atoms with Crippen molar-refractivity contribution >= 4 is 27.5 Å². The first-order valence-electron chi connectivity index (χ1n) is 9.24. The molecule has 1 amide bonds. The number of aromatic nitrogens is 2. The number of carbonyl (C=O) groups excluding carboxylic acids is 1. The summed E-state index contributed by atoms with van der Waals surface area (Å²) in [5.74, 6) is -0.132. The van der Waals surface area contributed by atoms with E-state index in [4.69, 9.17) is 0 Å². The number of nitrogens with zero attached hydrogens (tertiary/aromatic N) is 3. The predicted octanol–water partition coefficient (Wildman–Crippen LogP) is 2.92. The molecule has 1 aliphatic heterocycles. The van der Waals surface area contributed by atoms with E-state index in [-0.39, 0.29) is 41.1 Å². The van der Waals surface area contributed by atoms with Gasteiger partial charge in [0.25, 0.3) is 0 Å². The molecule has 9 heteroatoms. The number of sulfone groups is 1. The number of rotatable bonds is 7. The second-order valence-corrected chi connectivity index (χ2v) is 10.1. The number of benzene rings is 1. The molecule has 1 aliphatic rings. The molecule has 1 fully saturated rings. The fraction of sp³-hybridized carbons (Fsp3) is 0.474. The highest BCUT2D eigenvalue weighted by Gasteiger charge is 2.36. The number of carbonyl (C=O) groups is 1. The lowest BCUT2D eigenvalue weighted by Gasteiger charge is -2.33. The molecule has 0 radical (unpaired) electrons. The van der Waals surface area contributed by atoms with E-state index in [0.717, 1.165) is 6.42 Å². The van der Waals surface area contributed by atoms with Gasteiger partial charge in [-0.25, -0.2) is 17.8 Å². The van der Waals surface area contributed by atoms with Crippen LogP contribution in [0.2, 0.25) is 0 Å². The third-order valence-corrected chi connectivity index (χ3v) is 7.68. The smallest absolute Gasteiger partial charge is 0.233 e. The van der Waals surface area contributed by atoms with Crippen molar-refractivity contribution in [3.8, 4) is 5.69 Å². The molecule has 1 aromatic carbocycles. The molecule has 6 nitrogen and oxygen atoms in total. The Morgan fingerprint density at radius 3 is 2.89 bits per heavy atom. The molecule has 2 aromatic rings. The standard InChI is InChI=1S/C19H24FN3O3S2/c1-3-14(2)23(17-7-10-28(25,26)13-17)18(24)12-27-19-21-8-9-22(19)16-6-4-5-15(20)11-16/h4-6,8-9,11,14,17H,3,7,10,12-13H2,1-2H3/t14-,17-/m1/s1. The molecular weight excluding hydrogens is 401 g/mol. The van der Waals surface area contributed by atoms with E-state index in [9.17, 15) is 17.6 Å². The minimum Gasteiger partial charge on any atom is -0.335 e. The van der Waals surface area contributed by atoms with Gasteiger partial charge in [0.1, 0.15) is 5.82 Å². The lowest BCUT2D eigenvalue weighted by molar-refractivity contribution is -0.132. The zero-order valence-corrected chi connectivity index (χ0v) is 17.5.